The summed E-state index contributed by atoms with van der Waals surface area (Å²) in [6.45, 7) is 0. The van der Waals surface area contributed by atoms with Crippen molar-refractivity contribution in [2.24, 2.45) is 0 Å². The van der Waals surface area contributed by atoms with E-state index >= 15 is 0 Å². The Balaban J connectivity index is 2.38. The van der Waals surface area contributed by atoms with Gasteiger partial charge in [0.1, 0.15) is 15.6 Å². The predicted octanol–water partition coefficient (Wildman–Crippen LogP) is 1.34. The normalized spacial score (nSPS) is 11.4. The zero-order valence-corrected chi connectivity index (χ0v) is 11.3. The zero-order valence-electron chi connectivity index (χ0n) is 9.63. The lowest BCUT2D eigenvalue weighted by Gasteiger charge is -1.98. The first kappa shape index (κ1) is 14.1. The quantitative estimate of drug-likeness (QED) is 0.577. The van der Waals surface area contributed by atoms with Crippen LogP contribution in [0.15, 0.2) is 16.5 Å². The smallest absolute Gasteiger partial charge is 0.373 e. The van der Waals surface area contributed by atoms with E-state index in [4.69, 9.17) is 4.42 Å². The summed E-state index contributed by atoms with van der Waals surface area (Å²) < 4.78 is 31.5. The van der Waals surface area contributed by atoms with E-state index in [1.54, 1.807) is 6.07 Å². The fraction of sp³-hybridized carbons (Fsp3) is 0.500. The molecule has 17 heavy (non-hydrogen) atoms. The van der Waals surface area contributed by atoms with Gasteiger partial charge in [-0.3, -0.25) is 0 Å². The number of esters is 1. The third kappa shape index (κ3) is 5.27. The van der Waals surface area contributed by atoms with E-state index in [9.17, 15) is 13.2 Å². The Morgan fingerprint density at radius 2 is 2.18 bits per heavy atom. The Morgan fingerprint density at radius 1 is 1.47 bits per heavy atom. The maximum atomic E-state index is 11.1. The van der Waals surface area contributed by atoms with Crippen LogP contribution >= 0.6 is 11.8 Å². The first-order valence-corrected chi connectivity index (χ1v) is 8.06. The van der Waals surface area contributed by atoms with Crippen LogP contribution < -0.4 is 0 Å². The van der Waals surface area contributed by atoms with E-state index in [0.717, 1.165) is 0 Å². The van der Waals surface area contributed by atoms with Gasteiger partial charge in [-0.2, -0.15) is 11.8 Å². The molecule has 0 atom stereocenters. The van der Waals surface area contributed by atoms with Gasteiger partial charge in [-0.15, -0.1) is 0 Å². The van der Waals surface area contributed by atoms with Gasteiger partial charge in [0.05, 0.1) is 18.6 Å². The van der Waals surface area contributed by atoms with Crippen molar-refractivity contribution in [2.75, 3.05) is 24.9 Å². The van der Waals surface area contributed by atoms with E-state index in [1.807, 2.05) is 0 Å². The fourth-order valence-corrected chi connectivity index (χ4v) is 3.23. The van der Waals surface area contributed by atoms with Crippen molar-refractivity contribution in [3.8, 4) is 0 Å². The molecule has 1 rings (SSSR count). The molecule has 0 spiro atoms. The summed E-state index contributed by atoms with van der Waals surface area (Å²) in [7, 11) is -1.63. The fourth-order valence-electron chi connectivity index (χ4n) is 1.05. The number of ether oxygens (including phenoxy) is 1. The van der Waals surface area contributed by atoms with Gasteiger partial charge in [-0.25, -0.2) is 13.2 Å². The van der Waals surface area contributed by atoms with E-state index < -0.39 is 15.8 Å². The summed E-state index contributed by atoms with van der Waals surface area (Å²) in [4.78, 5) is 11.1. The van der Waals surface area contributed by atoms with Gasteiger partial charge in [-0.1, -0.05) is 0 Å². The van der Waals surface area contributed by atoms with Crippen molar-refractivity contribution in [3.63, 3.8) is 0 Å². The van der Waals surface area contributed by atoms with Crippen molar-refractivity contribution in [1.29, 1.82) is 0 Å². The van der Waals surface area contributed by atoms with Crippen LogP contribution in [0, 0.1) is 0 Å². The number of rotatable bonds is 6. The second-order valence-electron chi connectivity index (χ2n) is 3.44. The largest absolute Gasteiger partial charge is 0.463 e. The Kier molecular flexibility index (Phi) is 5.07. The maximum Gasteiger partial charge on any atom is 0.373 e. The molecule has 0 aromatic carbocycles. The minimum atomic E-state index is -2.92. The molecular weight excluding hydrogens is 264 g/mol. The molecule has 0 fully saturated rings. The predicted molar refractivity (Wildman–Crippen MR) is 65.9 cm³/mol. The van der Waals surface area contributed by atoms with Gasteiger partial charge in [0.15, 0.2) is 0 Å². The Hall–Kier alpha value is -0.950. The molecule has 0 N–H and O–H groups in total. The van der Waals surface area contributed by atoms with Crippen LogP contribution in [0.2, 0.25) is 0 Å². The molecule has 0 unspecified atom stereocenters. The van der Waals surface area contributed by atoms with E-state index in [2.05, 4.69) is 4.74 Å². The van der Waals surface area contributed by atoms with Crippen molar-refractivity contribution in [1.82, 2.24) is 0 Å². The lowest BCUT2D eigenvalue weighted by atomic mass is 10.4. The molecule has 0 bridgehead atoms. The molecule has 96 valence electrons. The van der Waals surface area contributed by atoms with E-state index in [-0.39, 0.29) is 11.5 Å². The third-order valence-corrected chi connectivity index (χ3v) is 4.08. The average molecular weight is 278 g/mol. The molecule has 0 amide bonds. The highest BCUT2D eigenvalue weighted by atomic mass is 32.2. The average Bonchev–Trinajstić information content (AvgIpc) is 2.70. The van der Waals surface area contributed by atoms with Crippen LogP contribution in [0.25, 0.3) is 0 Å². The number of thioether (sulfide) groups is 1. The first-order chi connectivity index (χ1) is 7.92. The van der Waals surface area contributed by atoms with Crippen LogP contribution in [0.3, 0.4) is 0 Å². The summed E-state index contributed by atoms with van der Waals surface area (Å²) in [5.74, 6) is 1.45. The lowest BCUT2D eigenvalue weighted by Crippen LogP contribution is -2.05. The van der Waals surface area contributed by atoms with Gasteiger partial charge < -0.3 is 9.15 Å². The highest BCUT2D eigenvalue weighted by Crippen LogP contribution is 2.16. The molecule has 1 aromatic rings. The third-order valence-electron chi connectivity index (χ3n) is 1.89. The number of sulfone groups is 1. The molecule has 1 heterocycles. The zero-order chi connectivity index (χ0) is 12.9. The Morgan fingerprint density at radius 3 is 2.76 bits per heavy atom. The molecule has 0 aliphatic heterocycles. The SMILES string of the molecule is COC(=O)c1ccc(CSCCS(C)(=O)=O)o1. The van der Waals surface area contributed by atoms with E-state index in [0.29, 0.717) is 17.3 Å². The van der Waals surface area contributed by atoms with Crippen molar-refractivity contribution in [2.45, 2.75) is 5.75 Å². The van der Waals surface area contributed by atoms with Crippen LogP contribution in [-0.2, 0) is 20.3 Å². The molecule has 0 saturated heterocycles. The van der Waals surface area contributed by atoms with E-state index in [1.165, 1.54) is 31.2 Å². The second kappa shape index (κ2) is 6.11. The van der Waals surface area contributed by atoms with Gasteiger partial charge in [0.25, 0.3) is 0 Å². The topological polar surface area (TPSA) is 73.6 Å². The number of carbonyl (C=O) groups is 1. The summed E-state index contributed by atoms with van der Waals surface area (Å²) >= 11 is 1.44. The molecule has 0 saturated carbocycles. The molecule has 1 aromatic heterocycles. The standard InChI is InChI=1S/C10H14O5S2/c1-14-10(11)9-4-3-8(15-9)7-16-5-6-17(2,12)13/h3-4H,5-7H2,1-2H3. The number of furan rings is 1. The molecule has 0 radical (unpaired) electrons. The van der Waals surface area contributed by atoms with Gasteiger partial charge in [-0.05, 0) is 12.1 Å². The number of methoxy groups -OCH3 is 1. The second-order valence-corrected chi connectivity index (χ2v) is 6.80. The Labute approximate surface area is 104 Å². The summed E-state index contributed by atoms with van der Waals surface area (Å²) in [5.41, 5.74) is 0. The van der Waals surface area contributed by atoms with Crippen LogP contribution in [0.4, 0.5) is 0 Å². The number of hydrogen-bond donors (Lipinski definition) is 0. The Bertz CT molecular complexity index is 475. The molecule has 7 heteroatoms. The summed E-state index contributed by atoms with van der Waals surface area (Å²) in [6.07, 6.45) is 1.20. The van der Waals surface area contributed by atoms with Crippen molar-refractivity contribution in [3.05, 3.63) is 23.7 Å². The summed E-state index contributed by atoms with van der Waals surface area (Å²) in [5, 5.41) is 0. The number of hydrogen-bond acceptors (Lipinski definition) is 6. The monoisotopic (exact) mass is 278 g/mol. The van der Waals surface area contributed by atoms with Crippen molar-refractivity contribution >= 4 is 27.6 Å². The highest BCUT2D eigenvalue weighted by Gasteiger charge is 2.11. The molecular formula is C10H14O5S2. The van der Waals surface area contributed by atoms with Gasteiger partial charge >= 0.3 is 5.97 Å². The molecule has 5 nitrogen and oxygen atoms in total. The van der Waals surface area contributed by atoms with Gasteiger partial charge in [0.2, 0.25) is 5.76 Å². The van der Waals surface area contributed by atoms with Gasteiger partial charge in [0, 0.05) is 12.0 Å². The number of carbonyl (C=O) groups excluding carboxylic acids is 1. The first-order valence-electron chi connectivity index (χ1n) is 4.85. The maximum absolute atomic E-state index is 11.1. The molecule has 0 aliphatic carbocycles. The summed E-state index contributed by atoms with van der Waals surface area (Å²) in [6, 6.07) is 3.22. The minimum Gasteiger partial charge on any atom is -0.463 e. The van der Waals surface area contributed by atoms with Crippen LogP contribution in [-0.4, -0.2) is 39.3 Å². The lowest BCUT2D eigenvalue weighted by molar-refractivity contribution is 0.0563. The molecule has 0 aliphatic rings. The highest BCUT2D eigenvalue weighted by molar-refractivity contribution is 7.99. The minimum absolute atomic E-state index is 0.141. The van der Waals surface area contributed by atoms with Crippen LogP contribution in [0.1, 0.15) is 16.3 Å². The van der Waals surface area contributed by atoms with Crippen molar-refractivity contribution < 1.29 is 22.4 Å². The van der Waals surface area contributed by atoms with Crippen LogP contribution in [0.5, 0.6) is 0 Å².